The Kier molecular flexibility index (Phi) is 5.49. The van der Waals surface area contributed by atoms with E-state index in [-0.39, 0.29) is 17.2 Å². The highest BCUT2D eigenvalue weighted by atomic mass is 19.4. The summed E-state index contributed by atoms with van der Waals surface area (Å²) in [5.74, 6) is -0.165. The SMILES string of the molecule is CCCn1cc(C(=O)N2CCCC[C@@H]2c2cc3nc(C)cc(C(F)(F)F)n3n2)c(C)n1. The minimum Gasteiger partial charge on any atom is -0.330 e. The second kappa shape index (κ2) is 7.97. The maximum absolute atomic E-state index is 13.5. The quantitative estimate of drug-likeness (QED) is 0.613. The van der Waals surface area contributed by atoms with E-state index < -0.39 is 17.9 Å². The summed E-state index contributed by atoms with van der Waals surface area (Å²) in [6.07, 6.45) is 0.442. The molecule has 166 valence electrons. The van der Waals surface area contributed by atoms with Crippen molar-refractivity contribution in [1.29, 1.82) is 0 Å². The number of aromatic nitrogens is 5. The van der Waals surface area contributed by atoms with E-state index in [9.17, 15) is 18.0 Å². The lowest BCUT2D eigenvalue weighted by Gasteiger charge is -2.34. The predicted octanol–water partition coefficient (Wildman–Crippen LogP) is 4.34. The van der Waals surface area contributed by atoms with Crippen molar-refractivity contribution in [3.05, 3.63) is 46.7 Å². The first-order chi connectivity index (χ1) is 14.7. The molecular formula is C21H25F3N6O. The monoisotopic (exact) mass is 434 g/mol. The fourth-order valence-electron chi connectivity index (χ4n) is 4.19. The fourth-order valence-corrected chi connectivity index (χ4v) is 4.19. The van der Waals surface area contributed by atoms with Crippen LogP contribution in [0, 0.1) is 13.8 Å². The molecule has 4 rings (SSSR count). The molecule has 0 aliphatic carbocycles. The van der Waals surface area contributed by atoms with E-state index in [1.54, 1.807) is 28.8 Å². The first-order valence-corrected chi connectivity index (χ1v) is 10.5. The molecule has 0 bridgehead atoms. The van der Waals surface area contributed by atoms with Gasteiger partial charge in [-0.3, -0.25) is 9.48 Å². The van der Waals surface area contributed by atoms with E-state index in [0.29, 0.717) is 29.9 Å². The van der Waals surface area contributed by atoms with Gasteiger partial charge in [-0.05, 0) is 45.6 Å². The molecule has 0 aromatic carbocycles. The molecule has 1 aliphatic rings. The van der Waals surface area contributed by atoms with Crippen LogP contribution in [0.4, 0.5) is 13.2 Å². The molecule has 7 nitrogen and oxygen atoms in total. The normalized spacial score (nSPS) is 17.5. The summed E-state index contributed by atoms with van der Waals surface area (Å²) in [6.45, 7) is 6.60. The molecule has 0 spiro atoms. The van der Waals surface area contributed by atoms with Crippen LogP contribution >= 0.6 is 0 Å². The maximum Gasteiger partial charge on any atom is 0.433 e. The van der Waals surface area contributed by atoms with Crippen molar-refractivity contribution in [2.75, 3.05) is 6.54 Å². The van der Waals surface area contributed by atoms with Crippen molar-refractivity contribution in [2.24, 2.45) is 0 Å². The topological polar surface area (TPSA) is 68.3 Å². The number of nitrogens with zero attached hydrogens (tertiary/aromatic N) is 6. The molecule has 0 radical (unpaired) electrons. The summed E-state index contributed by atoms with van der Waals surface area (Å²) in [4.78, 5) is 19.3. The van der Waals surface area contributed by atoms with Gasteiger partial charge in [-0.1, -0.05) is 6.92 Å². The highest BCUT2D eigenvalue weighted by Crippen LogP contribution is 2.34. The first-order valence-electron chi connectivity index (χ1n) is 10.5. The van der Waals surface area contributed by atoms with E-state index in [0.717, 1.165) is 36.4 Å². The molecule has 0 N–H and O–H groups in total. The average molecular weight is 434 g/mol. The van der Waals surface area contributed by atoms with Crippen molar-refractivity contribution in [3.8, 4) is 0 Å². The van der Waals surface area contributed by atoms with Crippen LogP contribution in [0.15, 0.2) is 18.3 Å². The van der Waals surface area contributed by atoms with Gasteiger partial charge in [0.2, 0.25) is 0 Å². The van der Waals surface area contributed by atoms with Crippen LogP contribution in [0.5, 0.6) is 0 Å². The summed E-state index contributed by atoms with van der Waals surface area (Å²) < 4.78 is 43.2. The van der Waals surface area contributed by atoms with Gasteiger partial charge in [0.25, 0.3) is 5.91 Å². The number of halogens is 3. The van der Waals surface area contributed by atoms with Crippen molar-refractivity contribution in [1.82, 2.24) is 29.3 Å². The summed E-state index contributed by atoms with van der Waals surface area (Å²) in [5.41, 5.74) is 1.12. The molecule has 1 aliphatic heterocycles. The summed E-state index contributed by atoms with van der Waals surface area (Å²) in [6, 6.07) is 2.14. The molecule has 0 saturated carbocycles. The van der Waals surface area contributed by atoms with E-state index >= 15 is 0 Å². The molecule has 1 saturated heterocycles. The Morgan fingerprint density at radius 3 is 2.68 bits per heavy atom. The predicted molar refractivity (Wildman–Crippen MR) is 108 cm³/mol. The smallest absolute Gasteiger partial charge is 0.330 e. The van der Waals surface area contributed by atoms with Crippen LogP contribution < -0.4 is 0 Å². The van der Waals surface area contributed by atoms with E-state index in [4.69, 9.17) is 0 Å². The minimum atomic E-state index is -4.55. The standard InChI is InChI=1S/C21H25F3N6O/c1-4-8-28-12-15(14(3)26-28)20(31)29-9-6-5-7-17(29)16-11-19-25-13(2)10-18(21(22,23)24)30(19)27-16/h10-12,17H,4-9H2,1-3H3/t17-/m1/s1. The number of fused-ring (bicyclic) bond motifs is 1. The van der Waals surface area contributed by atoms with Crippen molar-refractivity contribution in [2.45, 2.75) is 65.2 Å². The number of carbonyl (C=O) groups excluding carboxylic acids is 1. The fraction of sp³-hybridized carbons (Fsp3) is 0.524. The van der Waals surface area contributed by atoms with E-state index in [2.05, 4.69) is 15.2 Å². The summed E-state index contributed by atoms with van der Waals surface area (Å²) in [5, 5.41) is 8.66. The van der Waals surface area contributed by atoms with Crippen LogP contribution in [0.25, 0.3) is 5.65 Å². The molecule has 3 aromatic heterocycles. The molecule has 4 heterocycles. The molecule has 0 unspecified atom stereocenters. The van der Waals surface area contributed by atoms with Crippen molar-refractivity contribution >= 4 is 11.6 Å². The highest BCUT2D eigenvalue weighted by molar-refractivity contribution is 5.95. The van der Waals surface area contributed by atoms with E-state index in [1.807, 2.05) is 6.92 Å². The van der Waals surface area contributed by atoms with Crippen LogP contribution in [0.3, 0.4) is 0 Å². The first kappa shape index (κ1) is 21.3. The molecule has 1 fully saturated rings. The number of aryl methyl sites for hydroxylation is 3. The van der Waals surface area contributed by atoms with Gasteiger partial charge in [-0.2, -0.15) is 23.4 Å². The van der Waals surface area contributed by atoms with Crippen molar-refractivity contribution in [3.63, 3.8) is 0 Å². The zero-order valence-corrected chi connectivity index (χ0v) is 17.8. The zero-order valence-electron chi connectivity index (χ0n) is 17.8. The number of likely N-dealkylation sites (tertiary alicyclic amines) is 1. The number of hydrogen-bond donors (Lipinski definition) is 0. The Balaban J connectivity index is 1.72. The molecule has 3 aromatic rings. The summed E-state index contributed by atoms with van der Waals surface area (Å²) >= 11 is 0. The van der Waals surface area contributed by atoms with Gasteiger partial charge in [0.05, 0.1) is 23.0 Å². The number of alkyl halides is 3. The molecular weight excluding hydrogens is 409 g/mol. The second-order valence-corrected chi connectivity index (χ2v) is 8.02. The van der Waals surface area contributed by atoms with E-state index in [1.165, 1.54) is 6.92 Å². The van der Waals surface area contributed by atoms with Gasteiger partial charge >= 0.3 is 6.18 Å². The second-order valence-electron chi connectivity index (χ2n) is 8.02. The number of piperidine rings is 1. The van der Waals surface area contributed by atoms with Crippen molar-refractivity contribution < 1.29 is 18.0 Å². The highest BCUT2D eigenvalue weighted by Gasteiger charge is 2.37. The molecule has 31 heavy (non-hydrogen) atoms. The molecule has 1 atom stereocenters. The Morgan fingerprint density at radius 2 is 1.97 bits per heavy atom. The third kappa shape index (κ3) is 4.03. The lowest BCUT2D eigenvalue weighted by molar-refractivity contribution is -0.142. The molecule has 1 amide bonds. The van der Waals surface area contributed by atoms with Gasteiger partial charge in [0.15, 0.2) is 5.65 Å². The van der Waals surface area contributed by atoms with Gasteiger partial charge in [-0.15, -0.1) is 0 Å². The van der Waals surface area contributed by atoms with Crippen LogP contribution in [0.2, 0.25) is 0 Å². The third-order valence-corrected chi connectivity index (χ3v) is 5.60. The zero-order chi connectivity index (χ0) is 22.3. The molecule has 10 heteroatoms. The average Bonchev–Trinajstić information content (AvgIpc) is 3.29. The van der Waals surface area contributed by atoms with Gasteiger partial charge in [0.1, 0.15) is 5.69 Å². The Bertz CT molecular complexity index is 1120. The largest absolute Gasteiger partial charge is 0.433 e. The summed E-state index contributed by atoms with van der Waals surface area (Å²) in [7, 11) is 0. The van der Waals surface area contributed by atoms with Gasteiger partial charge < -0.3 is 4.90 Å². The number of rotatable bonds is 4. The Morgan fingerprint density at radius 1 is 1.19 bits per heavy atom. The minimum absolute atomic E-state index is 0.132. The number of carbonyl (C=O) groups is 1. The van der Waals surface area contributed by atoms with Crippen LogP contribution in [-0.2, 0) is 12.7 Å². The lowest BCUT2D eigenvalue weighted by atomic mass is 9.98. The lowest BCUT2D eigenvalue weighted by Crippen LogP contribution is -2.38. The number of hydrogen-bond acceptors (Lipinski definition) is 4. The Hall–Kier alpha value is -2.91. The maximum atomic E-state index is 13.5. The third-order valence-electron chi connectivity index (χ3n) is 5.60. The van der Waals surface area contributed by atoms with Crippen LogP contribution in [0.1, 0.15) is 71.8 Å². The number of amides is 1. The van der Waals surface area contributed by atoms with Gasteiger partial charge in [0, 0.05) is 31.0 Å². The Labute approximate surface area is 177 Å². The van der Waals surface area contributed by atoms with Gasteiger partial charge in [-0.25, -0.2) is 9.50 Å². The van der Waals surface area contributed by atoms with Crippen LogP contribution in [-0.4, -0.2) is 41.7 Å².